The van der Waals surface area contributed by atoms with Crippen molar-refractivity contribution in [3.63, 3.8) is 0 Å². The van der Waals surface area contributed by atoms with Gasteiger partial charge >= 0.3 is 0 Å². The first kappa shape index (κ1) is 10.5. The maximum Gasteiger partial charge on any atom is 0.0108 e. The summed E-state index contributed by atoms with van der Waals surface area (Å²) in [5, 5.41) is 0. The molecule has 0 bridgehead atoms. The molecule has 0 spiro atoms. The van der Waals surface area contributed by atoms with Crippen molar-refractivity contribution in [1.82, 2.24) is 0 Å². The zero-order valence-electron chi connectivity index (χ0n) is 7.34. The predicted molar refractivity (Wildman–Crippen MR) is 52.3 cm³/mol. The van der Waals surface area contributed by atoms with Gasteiger partial charge in [-0.1, -0.05) is 44.2 Å². The lowest BCUT2D eigenvalue weighted by molar-refractivity contribution is 0.867. The molecule has 0 heterocycles. The van der Waals surface area contributed by atoms with Crippen LogP contribution in [0.2, 0.25) is 0 Å². The van der Waals surface area contributed by atoms with Gasteiger partial charge in [0.15, 0.2) is 0 Å². The Morgan fingerprint density at radius 2 is 1.45 bits per heavy atom. The zero-order valence-corrected chi connectivity index (χ0v) is 8.10. The first-order valence-electron chi connectivity index (χ1n) is 3.73. The van der Waals surface area contributed by atoms with Gasteiger partial charge in [-0.2, -0.15) is 0 Å². The van der Waals surface area contributed by atoms with Gasteiger partial charge in [0.2, 0.25) is 0 Å². The van der Waals surface area contributed by atoms with Crippen LogP contribution >= 0.6 is 11.6 Å². The standard InChI is InChI=1S/C9H12.CH3Cl/c1-8(2)9-6-4-3-5-7-9;1-2/h3-8H,1-2H3;1H3. The summed E-state index contributed by atoms with van der Waals surface area (Å²) in [6.45, 7) is 4.41. The van der Waals surface area contributed by atoms with E-state index in [1.54, 1.807) is 0 Å². The Kier molecular flexibility index (Phi) is 5.96. The van der Waals surface area contributed by atoms with Crippen LogP contribution in [0, 0.1) is 0 Å². The molecule has 1 rings (SSSR count). The summed E-state index contributed by atoms with van der Waals surface area (Å²) in [5.41, 5.74) is 1.41. The fraction of sp³-hybridized carbons (Fsp3) is 0.400. The lowest BCUT2D eigenvalue weighted by atomic mass is 10.0. The first-order valence-corrected chi connectivity index (χ1v) is 4.49. The minimum absolute atomic E-state index is 0.659. The minimum Gasteiger partial charge on any atom is -0.130 e. The Balaban J connectivity index is 0.000000461. The highest BCUT2D eigenvalue weighted by atomic mass is 35.5. The van der Waals surface area contributed by atoms with Crippen molar-refractivity contribution in [2.45, 2.75) is 19.8 Å². The van der Waals surface area contributed by atoms with Gasteiger partial charge in [-0.15, -0.1) is 11.6 Å². The summed E-state index contributed by atoms with van der Waals surface area (Å²) in [6, 6.07) is 10.5. The van der Waals surface area contributed by atoms with Gasteiger partial charge in [-0.3, -0.25) is 0 Å². The summed E-state index contributed by atoms with van der Waals surface area (Å²) >= 11 is 4.64. The summed E-state index contributed by atoms with van der Waals surface area (Å²) in [5.74, 6) is 0.659. The van der Waals surface area contributed by atoms with Gasteiger partial charge in [-0.25, -0.2) is 0 Å². The molecule has 0 unspecified atom stereocenters. The maximum atomic E-state index is 4.64. The first-order chi connectivity index (χ1) is 5.30. The van der Waals surface area contributed by atoms with Crippen molar-refractivity contribution in [3.05, 3.63) is 35.9 Å². The molecule has 0 amide bonds. The predicted octanol–water partition coefficient (Wildman–Crippen LogP) is 3.67. The molecular weight excluding hydrogens is 156 g/mol. The second-order valence-electron chi connectivity index (χ2n) is 2.57. The van der Waals surface area contributed by atoms with Crippen LogP contribution in [-0.4, -0.2) is 6.38 Å². The summed E-state index contributed by atoms with van der Waals surface area (Å²) in [4.78, 5) is 0. The van der Waals surface area contributed by atoms with E-state index in [0.29, 0.717) is 5.92 Å². The van der Waals surface area contributed by atoms with Gasteiger partial charge in [0.05, 0.1) is 0 Å². The molecule has 0 aliphatic rings. The van der Waals surface area contributed by atoms with Crippen LogP contribution in [0.25, 0.3) is 0 Å². The molecule has 0 atom stereocenters. The molecule has 1 heteroatoms. The highest BCUT2D eigenvalue weighted by Crippen LogP contribution is 2.11. The van der Waals surface area contributed by atoms with Crippen LogP contribution in [0.3, 0.4) is 0 Å². The third-order valence-electron chi connectivity index (χ3n) is 1.47. The maximum absolute atomic E-state index is 4.64. The van der Waals surface area contributed by atoms with Crippen molar-refractivity contribution in [1.29, 1.82) is 0 Å². The average molecular weight is 171 g/mol. The van der Waals surface area contributed by atoms with Crippen LogP contribution in [0.15, 0.2) is 30.3 Å². The van der Waals surface area contributed by atoms with Crippen molar-refractivity contribution < 1.29 is 0 Å². The van der Waals surface area contributed by atoms with E-state index >= 15 is 0 Å². The van der Waals surface area contributed by atoms with Crippen LogP contribution in [0.4, 0.5) is 0 Å². The SMILES string of the molecule is CC(C)c1ccccc1.CCl. The topological polar surface area (TPSA) is 0 Å². The summed E-state index contributed by atoms with van der Waals surface area (Å²) in [6.07, 6.45) is 1.47. The van der Waals surface area contributed by atoms with Gasteiger partial charge in [0, 0.05) is 6.38 Å². The molecule has 0 nitrogen and oxygen atoms in total. The highest BCUT2D eigenvalue weighted by molar-refractivity contribution is 6.15. The zero-order chi connectivity index (χ0) is 8.69. The Labute approximate surface area is 74.2 Å². The van der Waals surface area contributed by atoms with Crippen molar-refractivity contribution in [2.24, 2.45) is 0 Å². The van der Waals surface area contributed by atoms with E-state index in [9.17, 15) is 0 Å². The Bertz CT molecular complexity index is 167. The number of hydrogen-bond donors (Lipinski definition) is 0. The average Bonchev–Trinajstić information content (AvgIpc) is 2.10. The summed E-state index contributed by atoms with van der Waals surface area (Å²) < 4.78 is 0. The molecule has 1 aromatic rings. The molecule has 0 aliphatic carbocycles. The Hall–Kier alpha value is -0.490. The molecule has 11 heavy (non-hydrogen) atoms. The van der Waals surface area contributed by atoms with Crippen LogP contribution in [0.5, 0.6) is 0 Å². The molecule has 0 aliphatic heterocycles. The third kappa shape index (κ3) is 4.05. The van der Waals surface area contributed by atoms with Crippen LogP contribution in [0.1, 0.15) is 25.3 Å². The van der Waals surface area contributed by atoms with Crippen LogP contribution < -0.4 is 0 Å². The summed E-state index contributed by atoms with van der Waals surface area (Å²) in [7, 11) is 0. The van der Waals surface area contributed by atoms with Crippen LogP contribution in [-0.2, 0) is 0 Å². The van der Waals surface area contributed by atoms with Gasteiger partial charge < -0.3 is 0 Å². The number of benzene rings is 1. The van der Waals surface area contributed by atoms with E-state index < -0.39 is 0 Å². The highest BCUT2D eigenvalue weighted by Gasteiger charge is 1.93. The van der Waals surface area contributed by atoms with E-state index in [0.717, 1.165) is 0 Å². The fourth-order valence-corrected chi connectivity index (χ4v) is 0.838. The van der Waals surface area contributed by atoms with Gasteiger partial charge in [0.1, 0.15) is 0 Å². The van der Waals surface area contributed by atoms with Crippen molar-refractivity contribution >= 4 is 11.6 Å². The van der Waals surface area contributed by atoms with Gasteiger partial charge in [0.25, 0.3) is 0 Å². The number of alkyl halides is 1. The van der Waals surface area contributed by atoms with E-state index in [4.69, 9.17) is 0 Å². The molecule has 0 radical (unpaired) electrons. The quantitative estimate of drug-likeness (QED) is 0.565. The molecular formula is C10H15Cl. The van der Waals surface area contributed by atoms with E-state index in [1.165, 1.54) is 11.9 Å². The third-order valence-corrected chi connectivity index (χ3v) is 1.47. The lowest BCUT2D eigenvalue weighted by Gasteiger charge is -2.01. The molecule has 0 fully saturated rings. The molecule has 62 valence electrons. The van der Waals surface area contributed by atoms with E-state index in [-0.39, 0.29) is 0 Å². The molecule has 1 aromatic carbocycles. The molecule has 0 aromatic heterocycles. The Morgan fingerprint density at radius 3 is 1.73 bits per heavy atom. The number of halogens is 1. The molecule has 0 saturated heterocycles. The Morgan fingerprint density at radius 1 is 1.00 bits per heavy atom. The van der Waals surface area contributed by atoms with E-state index in [1.807, 2.05) is 6.07 Å². The normalized spacial score (nSPS) is 8.82. The number of hydrogen-bond acceptors (Lipinski definition) is 0. The second-order valence-corrected chi connectivity index (χ2v) is 2.57. The van der Waals surface area contributed by atoms with Gasteiger partial charge in [-0.05, 0) is 11.5 Å². The number of rotatable bonds is 1. The fourth-order valence-electron chi connectivity index (χ4n) is 0.838. The lowest BCUT2D eigenvalue weighted by Crippen LogP contribution is -1.83. The molecule has 0 saturated carbocycles. The van der Waals surface area contributed by atoms with E-state index in [2.05, 4.69) is 49.7 Å². The van der Waals surface area contributed by atoms with Crippen molar-refractivity contribution in [2.75, 3.05) is 6.38 Å². The molecule has 0 N–H and O–H groups in total. The van der Waals surface area contributed by atoms with Crippen molar-refractivity contribution in [3.8, 4) is 0 Å². The second kappa shape index (κ2) is 6.23. The monoisotopic (exact) mass is 170 g/mol. The smallest absolute Gasteiger partial charge is 0.0108 e. The largest absolute Gasteiger partial charge is 0.130 e. The minimum atomic E-state index is 0.659.